The topological polar surface area (TPSA) is 59.6 Å². The van der Waals surface area contributed by atoms with Crippen LogP contribution < -0.4 is 10.6 Å². The first-order valence-electron chi connectivity index (χ1n) is 5.30. The number of hydrogen-bond donors (Lipinski definition) is 2. The van der Waals surface area contributed by atoms with Gasteiger partial charge in [-0.15, -0.1) is 0 Å². The highest BCUT2D eigenvalue weighted by molar-refractivity contribution is 5.67. The zero-order chi connectivity index (χ0) is 11.3. The Kier molecular flexibility index (Phi) is 4.84. The van der Waals surface area contributed by atoms with Crippen LogP contribution in [0.1, 0.15) is 13.8 Å². The first-order chi connectivity index (χ1) is 7.13. The molecule has 1 rings (SSSR count). The summed E-state index contributed by atoms with van der Waals surface area (Å²) in [5.41, 5.74) is 0. The molecule has 0 saturated carbocycles. The summed E-state index contributed by atoms with van der Waals surface area (Å²) in [5, 5.41) is 5.93. The molecule has 0 aromatic heterocycles. The second-order valence-electron chi connectivity index (χ2n) is 4.18. The molecule has 0 bridgehead atoms. The lowest BCUT2D eigenvalue weighted by Gasteiger charge is -2.18. The number of alkyl carbamates (subject to hydrolysis) is 1. The van der Waals surface area contributed by atoms with Gasteiger partial charge in [-0.1, -0.05) is 13.8 Å². The van der Waals surface area contributed by atoms with E-state index in [1.54, 1.807) is 7.11 Å². The standard InChI is InChI=1S/C10H20N2O3/c1-7(2)6-15-10(13)12-8-4-11-5-9(8)14-3/h7-9,11H,4-6H2,1-3H3,(H,12,13)/t8?,9-/m0/s1. The van der Waals surface area contributed by atoms with Crippen LogP contribution in [0.2, 0.25) is 0 Å². The van der Waals surface area contributed by atoms with E-state index in [1.165, 1.54) is 0 Å². The van der Waals surface area contributed by atoms with Gasteiger partial charge in [0, 0.05) is 20.2 Å². The van der Waals surface area contributed by atoms with Gasteiger partial charge in [0.05, 0.1) is 18.8 Å². The second kappa shape index (κ2) is 5.92. The van der Waals surface area contributed by atoms with E-state index in [9.17, 15) is 4.79 Å². The minimum absolute atomic E-state index is 0.00895. The Hall–Kier alpha value is -0.810. The molecule has 2 N–H and O–H groups in total. The van der Waals surface area contributed by atoms with Crippen LogP contribution in [0.5, 0.6) is 0 Å². The lowest BCUT2D eigenvalue weighted by molar-refractivity contribution is 0.0851. The minimum atomic E-state index is -0.362. The van der Waals surface area contributed by atoms with Crippen LogP contribution in [0, 0.1) is 5.92 Å². The molecular weight excluding hydrogens is 196 g/mol. The zero-order valence-electron chi connectivity index (χ0n) is 9.58. The van der Waals surface area contributed by atoms with Crippen molar-refractivity contribution in [2.45, 2.75) is 26.0 Å². The van der Waals surface area contributed by atoms with Gasteiger partial charge in [-0.05, 0) is 5.92 Å². The molecule has 1 aliphatic heterocycles. The molecule has 1 unspecified atom stereocenters. The van der Waals surface area contributed by atoms with Crippen molar-refractivity contribution in [3.63, 3.8) is 0 Å². The van der Waals surface area contributed by atoms with Crippen molar-refractivity contribution in [2.75, 3.05) is 26.8 Å². The molecule has 1 heterocycles. The highest BCUT2D eigenvalue weighted by Crippen LogP contribution is 2.04. The van der Waals surface area contributed by atoms with Gasteiger partial charge in [0.25, 0.3) is 0 Å². The van der Waals surface area contributed by atoms with Crippen LogP contribution in [0.4, 0.5) is 4.79 Å². The number of ether oxygens (including phenoxy) is 2. The Balaban J connectivity index is 2.24. The first kappa shape index (κ1) is 12.3. The average molecular weight is 216 g/mol. The molecule has 0 aromatic rings. The number of amides is 1. The molecule has 1 saturated heterocycles. The predicted octanol–water partition coefficient (Wildman–Crippen LogP) is 0.355. The number of carbonyl (C=O) groups is 1. The van der Waals surface area contributed by atoms with Gasteiger partial charge in [0.2, 0.25) is 0 Å². The van der Waals surface area contributed by atoms with Gasteiger partial charge in [-0.2, -0.15) is 0 Å². The summed E-state index contributed by atoms with van der Waals surface area (Å²) in [4.78, 5) is 11.3. The van der Waals surface area contributed by atoms with Crippen molar-refractivity contribution in [1.82, 2.24) is 10.6 Å². The Morgan fingerprint density at radius 1 is 1.53 bits per heavy atom. The molecule has 15 heavy (non-hydrogen) atoms. The van der Waals surface area contributed by atoms with Gasteiger partial charge in [0.15, 0.2) is 0 Å². The number of nitrogens with one attached hydrogen (secondary N) is 2. The van der Waals surface area contributed by atoms with E-state index in [1.807, 2.05) is 13.8 Å². The van der Waals surface area contributed by atoms with Crippen molar-refractivity contribution in [3.05, 3.63) is 0 Å². The third-order valence-corrected chi connectivity index (χ3v) is 2.31. The zero-order valence-corrected chi connectivity index (χ0v) is 9.58. The predicted molar refractivity (Wildman–Crippen MR) is 56.8 cm³/mol. The highest BCUT2D eigenvalue weighted by atomic mass is 16.5. The monoisotopic (exact) mass is 216 g/mol. The molecule has 1 amide bonds. The third-order valence-electron chi connectivity index (χ3n) is 2.31. The van der Waals surface area contributed by atoms with Gasteiger partial charge < -0.3 is 20.1 Å². The Morgan fingerprint density at radius 2 is 2.27 bits per heavy atom. The van der Waals surface area contributed by atoms with Crippen LogP contribution in [0.25, 0.3) is 0 Å². The van der Waals surface area contributed by atoms with Crippen molar-refractivity contribution in [2.24, 2.45) is 5.92 Å². The van der Waals surface area contributed by atoms with Crippen LogP contribution in [-0.4, -0.2) is 45.0 Å². The summed E-state index contributed by atoms with van der Waals surface area (Å²) >= 11 is 0. The maximum absolute atomic E-state index is 11.3. The smallest absolute Gasteiger partial charge is 0.407 e. The molecule has 5 heteroatoms. The van der Waals surface area contributed by atoms with E-state index in [0.29, 0.717) is 12.5 Å². The summed E-state index contributed by atoms with van der Waals surface area (Å²) in [7, 11) is 1.64. The summed E-state index contributed by atoms with van der Waals surface area (Å²) < 4.78 is 10.2. The fourth-order valence-corrected chi connectivity index (χ4v) is 1.48. The van der Waals surface area contributed by atoms with E-state index in [0.717, 1.165) is 13.1 Å². The maximum Gasteiger partial charge on any atom is 0.407 e. The summed E-state index contributed by atoms with van der Waals surface area (Å²) in [6.07, 6.45) is -0.323. The molecule has 0 radical (unpaired) electrons. The van der Waals surface area contributed by atoms with E-state index in [-0.39, 0.29) is 18.2 Å². The Bertz CT molecular complexity index is 209. The lowest BCUT2D eigenvalue weighted by Crippen LogP contribution is -2.44. The molecule has 0 spiro atoms. The van der Waals surface area contributed by atoms with E-state index in [4.69, 9.17) is 9.47 Å². The van der Waals surface area contributed by atoms with Crippen molar-refractivity contribution < 1.29 is 14.3 Å². The minimum Gasteiger partial charge on any atom is -0.449 e. The molecule has 0 aromatic carbocycles. The molecule has 1 fully saturated rings. The summed E-state index contributed by atoms with van der Waals surface area (Å²) in [6, 6.07) is 0.00895. The van der Waals surface area contributed by atoms with Crippen LogP contribution in [-0.2, 0) is 9.47 Å². The lowest BCUT2D eigenvalue weighted by atomic mass is 10.2. The van der Waals surface area contributed by atoms with E-state index in [2.05, 4.69) is 10.6 Å². The fourth-order valence-electron chi connectivity index (χ4n) is 1.48. The second-order valence-corrected chi connectivity index (χ2v) is 4.18. The quantitative estimate of drug-likeness (QED) is 0.712. The van der Waals surface area contributed by atoms with E-state index < -0.39 is 0 Å². The first-order valence-corrected chi connectivity index (χ1v) is 5.30. The van der Waals surface area contributed by atoms with Gasteiger partial charge in [0.1, 0.15) is 0 Å². The van der Waals surface area contributed by atoms with E-state index >= 15 is 0 Å². The van der Waals surface area contributed by atoms with Gasteiger partial charge in [-0.3, -0.25) is 0 Å². The van der Waals surface area contributed by atoms with Crippen LogP contribution in [0.15, 0.2) is 0 Å². The number of carbonyl (C=O) groups excluding carboxylic acids is 1. The number of rotatable bonds is 4. The van der Waals surface area contributed by atoms with Crippen LogP contribution in [0.3, 0.4) is 0 Å². The maximum atomic E-state index is 11.3. The molecule has 88 valence electrons. The SMILES string of the molecule is CO[C@H]1CNCC1NC(=O)OCC(C)C. The molecular formula is C10H20N2O3. The van der Waals surface area contributed by atoms with Crippen molar-refractivity contribution in [1.29, 1.82) is 0 Å². The van der Waals surface area contributed by atoms with Crippen LogP contribution >= 0.6 is 0 Å². The number of methoxy groups -OCH3 is 1. The van der Waals surface area contributed by atoms with Gasteiger partial charge in [-0.25, -0.2) is 4.79 Å². The molecule has 2 atom stereocenters. The summed E-state index contributed by atoms with van der Waals surface area (Å²) in [6.45, 7) is 5.95. The largest absolute Gasteiger partial charge is 0.449 e. The molecule has 5 nitrogen and oxygen atoms in total. The average Bonchev–Trinajstić information content (AvgIpc) is 2.62. The normalized spacial score (nSPS) is 25.6. The third kappa shape index (κ3) is 4.05. The highest BCUT2D eigenvalue weighted by Gasteiger charge is 2.28. The van der Waals surface area contributed by atoms with Crippen molar-refractivity contribution >= 4 is 6.09 Å². The Labute approximate surface area is 90.5 Å². The molecule has 1 aliphatic rings. The number of hydrogen-bond acceptors (Lipinski definition) is 4. The fraction of sp³-hybridized carbons (Fsp3) is 0.900. The Morgan fingerprint density at radius 3 is 2.87 bits per heavy atom. The van der Waals surface area contributed by atoms with Gasteiger partial charge >= 0.3 is 6.09 Å². The molecule has 0 aliphatic carbocycles. The summed E-state index contributed by atoms with van der Waals surface area (Å²) in [5.74, 6) is 0.357. The van der Waals surface area contributed by atoms with Crippen molar-refractivity contribution in [3.8, 4) is 0 Å².